The van der Waals surface area contributed by atoms with Crippen molar-refractivity contribution in [3.63, 3.8) is 0 Å². The normalized spacial score (nSPS) is 21.4. The molecule has 0 radical (unpaired) electrons. The number of hydrogen-bond donors (Lipinski definition) is 2. The van der Waals surface area contributed by atoms with Gasteiger partial charge < -0.3 is 10.6 Å². The minimum atomic E-state index is -0.00916. The minimum Gasteiger partial charge on any atom is -0.346 e. The zero-order chi connectivity index (χ0) is 12.3. The summed E-state index contributed by atoms with van der Waals surface area (Å²) in [6, 6.07) is 0.0497. The zero-order valence-corrected chi connectivity index (χ0v) is 11.1. The van der Waals surface area contributed by atoms with Gasteiger partial charge in [0, 0.05) is 11.1 Å². The van der Waals surface area contributed by atoms with Crippen LogP contribution in [0.5, 0.6) is 0 Å². The molecule has 2 N–H and O–H groups in total. The highest BCUT2D eigenvalue weighted by Gasteiger charge is 2.25. The van der Waals surface area contributed by atoms with E-state index in [1.54, 1.807) is 11.3 Å². The van der Waals surface area contributed by atoms with Crippen LogP contribution in [-0.4, -0.2) is 23.5 Å². The number of nitrogens with zero attached hydrogens (tertiary/aromatic N) is 1. The molecule has 1 amide bonds. The second kappa shape index (κ2) is 5.60. The maximum absolute atomic E-state index is 12.0. The van der Waals surface area contributed by atoms with Crippen molar-refractivity contribution in [1.82, 2.24) is 15.6 Å². The van der Waals surface area contributed by atoms with Crippen LogP contribution in [-0.2, 0) is 4.79 Å². The van der Waals surface area contributed by atoms with Gasteiger partial charge in [0.25, 0.3) is 0 Å². The van der Waals surface area contributed by atoms with Crippen LogP contribution in [0.4, 0.5) is 0 Å². The summed E-state index contributed by atoms with van der Waals surface area (Å²) < 4.78 is 0. The number of hydrogen-bond acceptors (Lipinski definition) is 4. The van der Waals surface area contributed by atoms with Gasteiger partial charge in [-0.2, -0.15) is 0 Å². The third-order valence-electron chi connectivity index (χ3n) is 3.04. The van der Waals surface area contributed by atoms with E-state index in [2.05, 4.69) is 22.5 Å². The quantitative estimate of drug-likeness (QED) is 0.860. The van der Waals surface area contributed by atoms with Crippen molar-refractivity contribution in [1.29, 1.82) is 0 Å². The van der Waals surface area contributed by atoms with Crippen LogP contribution in [0.2, 0.25) is 0 Å². The molecular formula is C12H19N3OS. The van der Waals surface area contributed by atoms with Crippen molar-refractivity contribution in [2.45, 2.75) is 45.2 Å². The molecule has 1 aliphatic heterocycles. The summed E-state index contributed by atoms with van der Waals surface area (Å²) >= 11 is 1.62. The molecule has 94 valence electrons. The van der Waals surface area contributed by atoms with Gasteiger partial charge >= 0.3 is 0 Å². The SMILES string of the molecule is CCC(NC(=O)C1CCCN1)c1nc(C)cs1. The molecule has 0 bridgehead atoms. The molecule has 0 saturated carbocycles. The summed E-state index contributed by atoms with van der Waals surface area (Å²) in [7, 11) is 0. The molecule has 17 heavy (non-hydrogen) atoms. The highest BCUT2D eigenvalue weighted by atomic mass is 32.1. The summed E-state index contributed by atoms with van der Waals surface area (Å²) in [6.45, 7) is 5.00. The third kappa shape index (κ3) is 3.04. The van der Waals surface area contributed by atoms with Gasteiger partial charge in [-0.1, -0.05) is 6.92 Å². The topological polar surface area (TPSA) is 54.0 Å². The Morgan fingerprint density at radius 3 is 3.12 bits per heavy atom. The van der Waals surface area contributed by atoms with Crippen LogP contribution in [0.3, 0.4) is 0 Å². The van der Waals surface area contributed by atoms with Crippen LogP contribution >= 0.6 is 11.3 Å². The van der Waals surface area contributed by atoms with Gasteiger partial charge in [0.15, 0.2) is 0 Å². The molecule has 1 aliphatic rings. The lowest BCUT2D eigenvalue weighted by atomic mass is 10.2. The van der Waals surface area contributed by atoms with E-state index >= 15 is 0 Å². The van der Waals surface area contributed by atoms with Crippen LogP contribution in [0.25, 0.3) is 0 Å². The number of carbonyl (C=O) groups excluding carboxylic acids is 1. The summed E-state index contributed by atoms with van der Waals surface area (Å²) in [5.41, 5.74) is 1.02. The van der Waals surface area contributed by atoms with Gasteiger partial charge in [-0.15, -0.1) is 11.3 Å². The smallest absolute Gasteiger partial charge is 0.237 e. The molecule has 0 aromatic carbocycles. The first kappa shape index (κ1) is 12.5. The molecule has 5 heteroatoms. The molecule has 1 fully saturated rings. The molecule has 0 aliphatic carbocycles. The summed E-state index contributed by atoms with van der Waals surface area (Å²) in [6.07, 6.45) is 2.91. The van der Waals surface area contributed by atoms with Crippen molar-refractivity contribution in [2.75, 3.05) is 6.54 Å². The fourth-order valence-corrected chi connectivity index (χ4v) is 2.98. The Hall–Kier alpha value is -0.940. The Kier molecular flexibility index (Phi) is 4.12. The minimum absolute atomic E-state index is 0.00916. The van der Waals surface area contributed by atoms with E-state index in [0.717, 1.165) is 36.5 Å². The number of rotatable bonds is 4. The molecule has 1 saturated heterocycles. The molecule has 1 aromatic heterocycles. The Morgan fingerprint density at radius 1 is 1.76 bits per heavy atom. The number of carbonyl (C=O) groups is 1. The monoisotopic (exact) mass is 253 g/mol. The summed E-state index contributed by atoms with van der Waals surface area (Å²) in [5.74, 6) is 0.113. The van der Waals surface area contributed by atoms with E-state index in [1.807, 2.05) is 12.3 Å². The molecule has 2 heterocycles. The highest BCUT2D eigenvalue weighted by Crippen LogP contribution is 2.21. The van der Waals surface area contributed by atoms with Crippen LogP contribution in [0.1, 0.15) is 42.9 Å². The molecule has 2 unspecified atom stereocenters. The number of thiazole rings is 1. The van der Waals surface area contributed by atoms with Crippen LogP contribution in [0, 0.1) is 6.92 Å². The fourth-order valence-electron chi connectivity index (χ4n) is 2.05. The number of amides is 1. The lowest BCUT2D eigenvalue weighted by Crippen LogP contribution is -2.41. The Labute approximate surface area is 106 Å². The van der Waals surface area contributed by atoms with Gasteiger partial charge in [-0.05, 0) is 32.7 Å². The van der Waals surface area contributed by atoms with Gasteiger partial charge in [0.05, 0.1) is 12.1 Å². The molecule has 2 atom stereocenters. The van der Waals surface area contributed by atoms with Crippen molar-refractivity contribution in [3.8, 4) is 0 Å². The second-order valence-corrected chi connectivity index (χ2v) is 5.34. The summed E-state index contributed by atoms with van der Waals surface area (Å²) in [4.78, 5) is 16.4. The fraction of sp³-hybridized carbons (Fsp3) is 0.667. The second-order valence-electron chi connectivity index (χ2n) is 4.45. The van der Waals surface area contributed by atoms with Gasteiger partial charge in [-0.3, -0.25) is 4.79 Å². The van der Waals surface area contributed by atoms with E-state index < -0.39 is 0 Å². The number of aromatic nitrogens is 1. The van der Waals surface area contributed by atoms with Crippen molar-refractivity contribution in [2.24, 2.45) is 0 Å². The van der Waals surface area contributed by atoms with Gasteiger partial charge in [-0.25, -0.2) is 4.98 Å². The number of nitrogens with one attached hydrogen (secondary N) is 2. The largest absolute Gasteiger partial charge is 0.346 e. The van der Waals surface area contributed by atoms with Crippen molar-refractivity contribution >= 4 is 17.2 Å². The average Bonchev–Trinajstić information content (AvgIpc) is 2.96. The van der Waals surface area contributed by atoms with E-state index in [4.69, 9.17) is 0 Å². The molecule has 2 rings (SSSR count). The standard InChI is InChI=1S/C12H19N3OS/c1-3-9(12-14-8(2)7-17-12)15-11(16)10-5-4-6-13-10/h7,9-10,13H,3-6H2,1-2H3,(H,15,16). The molecule has 0 spiro atoms. The first-order chi connectivity index (χ1) is 8.20. The lowest BCUT2D eigenvalue weighted by Gasteiger charge is -2.17. The lowest BCUT2D eigenvalue weighted by molar-refractivity contribution is -0.123. The predicted molar refractivity (Wildman–Crippen MR) is 69.1 cm³/mol. The van der Waals surface area contributed by atoms with Gasteiger partial charge in [0.1, 0.15) is 5.01 Å². The highest BCUT2D eigenvalue weighted by molar-refractivity contribution is 7.09. The molecular weight excluding hydrogens is 234 g/mol. The third-order valence-corrected chi connectivity index (χ3v) is 4.11. The van der Waals surface area contributed by atoms with Gasteiger partial charge in [0.2, 0.25) is 5.91 Å². The molecule has 4 nitrogen and oxygen atoms in total. The van der Waals surface area contributed by atoms with Crippen LogP contribution in [0.15, 0.2) is 5.38 Å². The Balaban J connectivity index is 1.97. The maximum atomic E-state index is 12.0. The summed E-state index contributed by atoms with van der Waals surface area (Å²) in [5, 5.41) is 9.33. The van der Waals surface area contributed by atoms with E-state index in [1.165, 1.54) is 0 Å². The predicted octanol–water partition coefficient (Wildman–Crippen LogP) is 1.77. The van der Waals surface area contributed by atoms with E-state index in [0.29, 0.717) is 0 Å². The van der Waals surface area contributed by atoms with Crippen molar-refractivity contribution < 1.29 is 4.79 Å². The van der Waals surface area contributed by atoms with Crippen LogP contribution < -0.4 is 10.6 Å². The molecule has 1 aromatic rings. The van der Waals surface area contributed by atoms with E-state index in [-0.39, 0.29) is 18.0 Å². The first-order valence-electron chi connectivity index (χ1n) is 6.16. The maximum Gasteiger partial charge on any atom is 0.237 e. The Morgan fingerprint density at radius 2 is 2.59 bits per heavy atom. The Bertz CT molecular complexity index is 385. The zero-order valence-electron chi connectivity index (χ0n) is 10.3. The van der Waals surface area contributed by atoms with E-state index in [9.17, 15) is 4.79 Å². The first-order valence-corrected chi connectivity index (χ1v) is 7.04. The number of aryl methyl sites for hydroxylation is 1. The van der Waals surface area contributed by atoms with Crippen molar-refractivity contribution in [3.05, 3.63) is 16.1 Å². The average molecular weight is 253 g/mol.